The minimum Gasteiger partial charge on any atom is -0.496 e. The van der Waals surface area contributed by atoms with Crippen molar-refractivity contribution in [1.82, 2.24) is 39.1 Å². The lowest BCUT2D eigenvalue weighted by atomic mass is 9.95. The van der Waals surface area contributed by atoms with E-state index in [1.165, 1.54) is 31.6 Å². The maximum Gasteiger partial charge on any atom is 0.410 e. The Morgan fingerprint density at radius 1 is 0.925 bits per heavy atom. The van der Waals surface area contributed by atoms with Gasteiger partial charge >= 0.3 is 11.8 Å². The number of likely N-dealkylation sites (tertiary alicyclic amines) is 3. The van der Waals surface area contributed by atoms with Crippen molar-refractivity contribution in [2.75, 3.05) is 52.1 Å². The molecule has 2 aromatic carbocycles. The van der Waals surface area contributed by atoms with Gasteiger partial charge in [-0.3, -0.25) is 18.8 Å². The number of hydrogen-bond acceptors (Lipinski definition) is 10. The zero-order valence-electron chi connectivity index (χ0n) is 30.8. The van der Waals surface area contributed by atoms with Gasteiger partial charge in [0.15, 0.2) is 11.5 Å². The number of fused-ring (bicyclic) bond motifs is 1. The van der Waals surface area contributed by atoms with Crippen molar-refractivity contribution in [3.8, 4) is 11.4 Å². The largest absolute Gasteiger partial charge is 0.496 e. The number of methoxy groups -OCH3 is 1. The monoisotopic (exact) mass is 729 g/mol. The molecule has 0 atom stereocenters. The molecule has 0 radical (unpaired) electrons. The van der Waals surface area contributed by atoms with Gasteiger partial charge in [-0.1, -0.05) is 12.1 Å². The molecule has 0 bridgehead atoms. The predicted molar refractivity (Wildman–Crippen MR) is 198 cm³/mol. The van der Waals surface area contributed by atoms with E-state index in [9.17, 15) is 18.8 Å². The summed E-state index contributed by atoms with van der Waals surface area (Å²) in [6.45, 7) is 11.1. The maximum atomic E-state index is 14.2. The van der Waals surface area contributed by atoms with E-state index in [1.807, 2.05) is 45.0 Å². The van der Waals surface area contributed by atoms with Crippen LogP contribution in [0.1, 0.15) is 68.4 Å². The lowest BCUT2D eigenvalue weighted by molar-refractivity contribution is -0.0258. The highest BCUT2D eigenvalue weighted by molar-refractivity contribution is 5.96. The van der Waals surface area contributed by atoms with Gasteiger partial charge in [0, 0.05) is 70.0 Å². The van der Waals surface area contributed by atoms with Crippen molar-refractivity contribution in [2.24, 2.45) is 0 Å². The zero-order chi connectivity index (χ0) is 37.4. The standard InChI is InChI=1S/C38H48FN9O5/c1-38(2,3)53-37(51)46-21-29(22-46)45-15-11-26(12-16-45)44-17-13-28(14-18-44)48-34-32(33(40)42-23-43-34)47(36(48)50)27-8-5-24(6-9-27)20-41-35(49)30-10-7-25(39)19-31(30)52-4/h5-10,19,23,26,28-29H,11-18,20-22H2,1-4H3,(H,41,49)(H2,40,42,43). The van der Waals surface area contributed by atoms with E-state index in [1.54, 1.807) is 14.0 Å². The Balaban J connectivity index is 0.973. The molecule has 2 aromatic heterocycles. The molecule has 0 aliphatic carbocycles. The number of nitrogens with one attached hydrogen (secondary N) is 1. The Bertz CT molecular complexity index is 2020. The average molecular weight is 730 g/mol. The SMILES string of the molecule is COc1cc(F)ccc1C(=O)NCc1ccc(-n2c(=O)n(C3CCN(C4CCN(C5CN(C(=O)OC(C)(C)C)C5)CC4)CC3)c3ncnc(N)c32)cc1. The molecule has 2 amide bonds. The summed E-state index contributed by atoms with van der Waals surface area (Å²) in [5.74, 6) is -0.511. The minimum absolute atomic E-state index is 0.0383. The van der Waals surface area contributed by atoms with E-state index in [2.05, 4.69) is 25.1 Å². The normalized spacial score (nSPS) is 18.2. The lowest BCUT2D eigenvalue weighted by Crippen LogP contribution is -2.63. The number of anilines is 1. The van der Waals surface area contributed by atoms with Crippen molar-refractivity contribution < 1.29 is 23.5 Å². The first-order chi connectivity index (χ1) is 25.4. The fourth-order valence-corrected chi connectivity index (χ4v) is 7.82. The summed E-state index contributed by atoms with van der Waals surface area (Å²) in [5.41, 5.74) is 8.30. The molecule has 0 saturated carbocycles. The summed E-state index contributed by atoms with van der Waals surface area (Å²) in [7, 11) is 1.38. The van der Waals surface area contributed by atoms with Crippen molar-refractivity contribution in [3.05, 3.63) is 76.2 Å². The van der Waals surface area contributed by atoms with Gasteiger partial charge in [-0.15, -0.1) is 0 Å². The number of carbonyl (C=O) groups excluding carboxylic acids is 2. The number of benzene rings is 2. The summed E-state index contributed by atoms with van der Waals surface area (Å²) in [4.78, 5) is 55.0. The zero-order valence-corrected chi connectivity index (χ0v) is 30.8. The Kier molecular flexibility index (Phi) is 10.1. The van der Waals surface area contributed by atoms with Gasteiger partial charge in [0.1, 0.15) is 29.0 Å². The third kappa shape index (κ3) is 7.58. The van der Waals surface area contributed by atoms with Gasteiger partial charge in [-0.2, -0.15) is 0 Å². The van der Waals surface area contributed by atoms with Crippen LogP contribution in [0.3, 0.4) is 0 Å². The first-order valence-corrected chi connectivity index (χ1v) is 18.3. The number of rotatable bonds is 8. The average Bonchev–Trinajstić information content (AvgIpc) is 3.42. The molecule has 53 heavy (non-hydrogen) atoms. The molecule has 3 N–H and O–H groups in total. The number of piperidine rings is 2. The van der Waals surface area contributed by atoms with E-state index >= 15 is 0 Å². The first kappa shape index (κ1) is 36.3. The molecule has 282 valence electrons. The number of carbonyl (C=O) groups is 2. The maximum absolute atomic E-state index is 14.2. The summed E-state index contributed by atoms with van der Waals surface area (Å²) in [6, 6.07) is 11.9. The molecule has 5 heterocycles. The second-order valence-corrected chi connectivity index (χ2v) is 15.2. The fraction of sp³-hybridized carbons (Fsp3) is 0.500. The molecule has 3 fully saturated rings. The first-order valence-electron chi connectivity index (χ1n) is 18.3. The van der Waals surface area contributed by atoms with Crippen LogP contribution in [0.2, 0.25) is 0 Å². The van der Waals surface area contributed by atoms with Gasteiger partial charge in [0.2, 0.25) is 0 Å². The van der Waals surface area contributed by atoms with Crippen LogP contribution in [-0.4, -0.2) is 110 Å². The highest BCUT2D eigenvalue weighted by Crippen LogP contribution is 2.31. The van der Waals surface area contributed by atoms with E-state index in [0.29, 0.717) is 28.9 Å². The van der Waals surface area contributed by atoms with Crippen LogP contribution in [0.25, 0.3) is 16.9 Å². The van der Waals surface area contributed by atoms with E-state index in [4.69, 9.17) is 15.2 Å². The summed E-state index contributed by atoms with van der Waals surface area (Å²) in [6.07, 6.45) is 4.96. The molecule has 15 heteroatoms. The quantitative estimate of drug-likeness (QED) is 0.273. The van der Waals surface area contributed by atoms with Crippen LogP contribution in [0, 0.1) is 5.82 Å². The summed E-state index contributed by atoms with van der Waals surface area (Å²) >= 11 is 0. The minimum atomic E-state index is -0.491. The van der Waals surface area contributed by atoms with Crippen LogP contribution in [0.5, 0.6) is 5.75 Å². The lowest BCUT2D eigenvalue weighted by Gasteiger charge is -2.49. The number of hydrogen-bond donors (Lipinski definition) is 2. The second kappa shape index (κ2) is 14.8. The molecular formula is C38H48FN9O5. The predicted octanol–water partition coefficient (Wildman–Crippen LogP) is 3.96. The number of imidazole rings is 1. The number of nitrogens with zero attached hydrogens (tertiary/aromatic N) is 7. The molecule has 3 aliphatic heterocycles. The fourth-order valence-electron chi connectivity index (χ4n) is 7.82. The van der Waals surface area contributed by atoms with E-state index in [-0.39, 0.29) is 41.5 Å². The van der Waals surface area contributed by atoms with Gasteiger partial charge in [-0.05, 0) is 76.3 Å². The molecule has 4 aromatic rings. The third-order valence-electron chi connectivity index (χ3n) is 10.6. The summed E-state index contributed by atoms with van der Waals surface area (Å²) < 4.78 is 27.6. The molecule has 7 rings (SSSR count). The topological polar surface area (TPSA) is 153 Å². The number of amides is 2. The second-order valence-electron chi connectivity index (χ2n) is 15.2. The van der Waals surface area contributed by atoms with E-state index < -0.39 is 17.3 Å². The van der Waals surface area contributed by atoms with Crippen LogP contribution in [0.15, 0.2) is 53.6 Å². The number of nitrogens with two attached hydrogens (primary N) is 1. The van der Waals surface area contributed by atoms with Crippen LogP contribution in [0.4, 0.5) is 15.0 Å². The van der Waals surface area contributed by atoms with Crippen molar-refractivity contribution in [3.63, 3.8) is 0 Å². The number of halogens is 1. The Morgan fingerprint density at radius 2 is 1.57 bits per heavy atom. The van der Waals surface area contributed by atoms with E-state index in [0.717, 1.165) is 70.5 Å². The molecule has 3 saturated heterocycles. The molecular weight excluding hydrogens is 681 g/mol. The van der Waals surface area contributed by atoms with Crippen LogP contribution >= 0.6 is 0 Å². The van der Waals surface area contributed by atoms with Crippen molar-refractivity contribution in [2.45, 2.75) is 76.7 Å². The van der Waals surface area contributed by atoms with Crippen molar-refractivity contribution >= 4 is 29.0 Å². The molecule has 3 aliphatic rings. The molecule has 14 nitrogen and oxygen atoms in total. The van der Waals surface area contributed by atoms with Gasteiger partial charge in [0.05, 0.1) is 18.4 Å². The summed E-state index contributed by atoms with van der Waals surface area (Å²) in [5, 5.41) is 2.84. The molecule has 0 spiro atoms. The highest BCUT2D eigenvalue weighted by Gasteiger charge is 2.39. The molecule has 0 unspecified atom stereocenters. The number of aromatic nitrogens is 4. The Hall–Kier alpha value is -5.02. The number of ether oxygens (including phenoxy) is 2. The highest BCUT2D eigenvalue weighted by atomic mass is 19.1. The number of nitrogen functional groups attached to an aromatic ring is 1. The third-order valence-corrected chi connectivity index (χ3v) is 10.6. The van der Waals surface area contributed by atoms with Crippen LogP contribution < -0.4 is 21.5 Å². The van der Waals surface area contributed by atoms with Gasteiger partial charge in [-0.25, -0.2) is 23.9 Å². The van der Waals surface area contributed by atoms with Crippen LogP contribution in [-0.2, 0) is 11.3 Å². The smallest absolute Gasteiger partial charge is 0.410 e. The Labute approximate surface area is 307 Å². The van der Waals surface area contributed by atoms with Gasteiger partial charge in [0.25, 0.3) is 5.91 Å². The Morgan fingerprint density at radius 3 is 2.21 bits per heavy atom. The van der Waals surface area contributed by atoms with Crippen molar-refractivity contribution in [1.29, 1.82) is 0 Å². The van der Waals surface area contributed by atoms with Gasteiger partial charge < -0.3 is 30.3 Å².